The molecule has 2 aromatic carbocycles. The van der Waals surface area contributed by atoms with Crippen molar-refractivity contribution in [3.8, 4) is 5.69 Å². The van der Waals surface area contributed by atoms with Crippen molar-refractivity contribution >= 4 is 18.1 Å². The summed E-state index contributed by atoms with van der Waals surface area (Å²) >= 11 is 5.32. The first-order valence-corrected chi connectivity index (χ1v) is 8.94. The molecule has 1 heterocycles. The topological polar surface area (TPSA) is 53.1 Å². The zero-order valence-electron chi connectivity index (χ0n) is 15.1. The highest BCUT2D eigenvalue weighted by atomic mass is 32.1. The number of rotatable bonds is 6. The first-order valence-electron chi connectivity index (χ1n) is 8.53. The molecule has 1 aromatic heterocycles. The Hall–Kier alpha value is -2.77. The second kappa shape index (κ2) is 8.28. The van der Waals surface area contributed by atoms with Crippen LogP contribution in [0.4, 0.5) is 4.39 Å². The van der Waals surface area contributed by atoms with E-state index in [4.69, 9.17) is 12.2 Å². The maximum atomic E-state index is 13.6. The van der Waals surface area contributed by atoms with Crippen LogP contribution in [0.1, 0.15) is 22.1 Å². The number of hydrogen-bond acceptors (Lipinski definition) is 3. The van der Waals surface area contributed by atoms with E-state index in [1.54, 1.807) is 16.8 Å². The second-order valence-electron chi connectivity index (χ2n) is 6.39. The summed E-state index contributed by atoms with van der Waals surface area (Å²) in [6.45, 7) is 0.335. The van der Waals surface area contributed by atoms with Gasteiger partial charge >= 0.3 is 0 Å². The minimum Gasteiger partial charge on any atom is -0.349 e. The van der Waals surface area contributed by atoms with E-state index in [0.29, 0.717) is 17.0 Å². The molecule has 2 N–H and O–H groups in total. The molecular weight excluding hydrogens is 363 g/mol. The van der Waals surface area contributed by atoms with Crippen LogP contribution >= 0.6 is 12.2 Å². The average molecular weight is 384 g/mol. The Labute approximate surface area is 162 Å². The van der Waals surface area contributed by atoms with Crippen molar-refractivity contribution < 1.29 is 9.18 Å². The zero-order chi connectivity index (χ0) is 19.4. The number of nitrogens with one attached hydrogen (secondary N) is 2. The molecule has 0 aliphatic heterocycles. The number of hydrogen-bond donors (Lipinski definition) is 2. The molecule has 7 heteroatoms. The molecule has 0 spiro atoms. The lowest BCUT2D eigenvalue weighted by Gasteiger charge is -2.25. The molecule has 0 radical (unpaired) electrons. The highest BCUT2D eigenvalue weighted by Crippen LogP contribution is 2.19. The number of carbonyl (C=O) groups excluding carboxylic acids is 1. The minimum atomic E-state index is -0.297. The van der Waals surface area contributed by atoms with E-state index in [2.05, 4.69) is 10.3 Å². The summed E-state index contributed by atoms with van der Waals surface area (Å²) in [5.41, 5.74) is 2.03. The van der Waals surface area contributed by atoms with E-state index in [-0.39, 0.29) is 17.8 Å². The fraction of sp³-hybridized carbons (Fsp3) is 0.200. The molecule has 0 saturated heterocycles. The molecule has 0 saturated carbocycles. The lowest BCUT2D eigenvalue weighted by molar-refractivity contribution is 0.0935. The molecule has 3 aromatic rings. The largest absolute Gasteiger partial charge is 0.349 e. The first-order chi connectivity index (χ1) is 13.0. The molecule has 27 heavy (non-hydrogen) atoms. The number of amides is 1. The Morgan fingerprint density at radius 1 is 1.22 bits per heavy atom. The molecule has 1 unspecified atom stereocenters. The normalized spacial score (nSPS) is 12.1. The molecular formula is C20H21FN4OS. The molecule has 3 rings (SSSR count). The third-order valence-electron chi connectivity index (χ3n) is 4.34. The Balaban J connectivity index is 1.81. The number of carbonyl (C=O) groups is 1. The van der Waals surface area contributed by atoms with Crippen molar-refractivity contribution in [3.05, 3.63) is 82.6 Å². The van der Waals surface area contributed by atoms with Gasteiger partial charge in [-0.05, 0) is 56.1 Å². The van der Waals surface area contributed by atoms with Gasteiger partial charge in [-0.25, -0.2) is 4.39 Å². The van der Waals surface area contributed by atoms with E-state index in [1.165, 1.54) is 12.1 Å². The molecule has 1 atom stereocenters. The number of aromatic nitrogens is 2. The summed E-state index contributed by atoms with van der Waals surface area (Å²) < 4.78 is 15.7. The van der Waals surface area contributed by atoms with Gasteiger partial charge in [0, 0.05) is 18.4 Å². The molecule has 1 amide bonds. The van der Waals surface area contributed by atoms with Crippen molar-refractivity contribution in [2.75, 3.05) is 20.6 Å². The monoisotopic (exact) mass is 384 g/mol. The van der Waals surface area contributed by atoms with Crippen LogP contribution in [0, 0.1) is 10.6 Å². The zero-order valence-corrected chi connectivity index (χ0v) is 16.0. The summed E-state index contributed by atoms with van der Waals surface area (Å²) in [6, 6.07) is 15.7. The van der Waals surface area contributed by atoms with Gasteiger partial charge in [-0.3, -0.25) is 9.36 Å². The molecule has 0 aliphatic rings. The number of H-pyrrole nitrogens is 1. The van der Waals surface area contributed by atoms with Crippen LogP contribution in [0.25, 0.3) is 5.69 Å². The van der Waals surface area contributed by atoms with Crippen molar-refractivity contribution in [2.24, 2.45) is 0 Å². The highest BCUT2D eigenvalue weighted by Gasteiger charge is 2.19. The van der Waals surface area contributed by atoms with Gasteiger partial charge in [0.1, 0.15) is 11.5 Å². The smallest absolute Gasteiger partial charge is 0.269 e. The third-order valence-corrected chi connectivity index (χ3v) is 4.64. The maximum absolute atomic E-state index is 13.6. The van der Waals surface area contributed by atoms with Crippen LogP contribution < -0.4 is 5.32 Å². The average Bonchev–Trinajstić information content (AvgIpc) is 3.04. The predicted octanol–water partition coefficient (Wildman–Crippen LogP) is 3.71. The van der Waals surface area contributed by atoms with Crippen LogP contribution in [0.5, 0.6) is 0 Å². The lowest BCUT2D eigenvalue weighted by atomic mass is 10.1. The van der Waals surface area contributed by atoms with E-state index >= 15 is 0 Å². The van der Waals surface area contributed by atoms with Gasteiger partial charge in [-0.15, -0.1) is 0 Å². The lowest BCUT2D eigenvalue weighted by Crippen LogP contribution is -2.35. The summed E-state index contributed by atoms with van der Waals surface area (Å²) in [6.07, 6.45) is 1.59. The van der Waals surface area contributed by atoms with Gasteiger partial charge in [0.15, 0.2) is 4.77 Å². The summed E-state index contributed by atoms with van der Waals surface area (Å²) in [7, 11) is 3.78. The van der Waals surface area contributed by atoms with E-state index in [0.717, 1.165) is 11.3 Å². The fourth-order valence-electron chi connectivity index (χ4n) is 2.96. The van der Waals surface area contributed by atoms with Crippen LogP contribution in [-0.4, -0.2) is 41.0 Å². The van der Waals surface area contributed by atoms with Gasteiger partial charge in [-0.1, -0.05) is 30.3 Å². The van der Waals surface area contributed by atoms with E-state index < -0.39 is 0 Å². The van der Waals surface area contributed by atoms with Gasteiger partial charge in [0.05, 0.1) is 6.04 Å². The van der Waals surface area contributed by atoms with Crippen LogP contribution in [-0.2, 0) is 0 Å². The SMILES string of the molecule is CN(C)C(CNC(=O)c1c[nH]c(=S)n1-c1ccccc1)c1cccc(F)c1. The van der Waals surface area contributed by atoms with Gasteiger partial charge < -0.3 is 15.2 Å². The Morgan fingerprint density at radius 2 is 1.96 bits per heavy atom. The molecule has 0 aliphatic carbocycles. The van der Waals surface area contributed by atoms with E-state index in [1.807, 2.05) is 55.4 Å². The van der Waals surface area contributed by atoms with Crippen molar-refractivity contribution in [2.45, 2.75) is 6.04 Å². The number of nitrogens with zero attached hydrogens (tertiary/aromatic N) is 2. The number of benzene rings is 2. The van der Waals surface area contributed by atoms with Crippen LogP contribution in [0.3, 0.4) is 0 Å². The molecule has 140 valence electrons. The van der Waals surface area contributed by atoms with Gasteiger partial charge in [0.25, 0.3) is 5.91 Å². The van der Waals surface area contributed by atoms with Crippen molar-refractivity contribution in [1.29, 1.82) is 0 Å². The Morgan fingerprint density at radius 3 is 2.63 bits per heavy atom. The molecule has 0 fully saturated rings. The van der Waals surface area contributed by atoms with Crippen molar-refractivity contribution in [3.63, 3.8) is 0 Å². The number of aromatic amines is 1. The highest BCUT2D eigenvalue weighted by molar-refractivity contribution is 7.71. The summed E-state index contributed by atoms with van der Waals surface area (Å²) in [4.78, 5) is 17.7. The fourth-order valence-corrected chi connectivity index (χ4v) is 3.22. The van der Waals surface area contributed by atoms with Gasteiger partial charge in [0.2, 0.25) is 0 Å². The number of para-hydroxylation sites is 1. The van der Waals surface area contributed by atoms with Crippen LogP contribution in [0.2, 0.25) is 0 Å². The van der Waals surface area contributed by atoms with Crippen molar-refractivity contribution in [1.82, 2.24) is 19.8 Å². The third kappa shape index (κ3) is 4.32. The summed E-state index contributed by atoms with van der Waals surface area (Å²) in [5.74, 6) is -0.552. The number of likely N-dealkylation sites (N-methyl/N-ethyl adjacent to an activating group) is 1. The van der Waals surface area contributed by atoms with Crippen LogP contribution in [0.15, 0.2) is 60.8 Å². The first kappa shape index (κ1) is 19.0. The quantitative estimate of drug-likeness (QED) is 0.637. The minimum absolute atomic E-state index is 0.156. The number of imidazole rings is 1. The predicted molar refractivity (Wildman–Crippen MR) is 106 cm³/mol. The maximum Gasteiger partial charge on any atom is 0.269 e. The second-order valence-corrected chi connectivity index (χ2v) is 6.78. The number of halogens is 1. The Bertz CT molecular complexity index is 981. The summed E-state index contributed by atoms with van der Waals surface area (Å²) in [5, 5.41) is 2.93. The standard InChI is InChI=1S/C20H21FN4OS/c1-24(2)17(14-7-6-8-15(21)11-14)12-22-19(26)18-13-23-20(27)25(18)16-9-4-3-5-10-16/h3-11,13,17H,12H2,1-2H3,(H,22,26)(H,23,27). The van der Waals surface area contributed by atoms with Gasteiger partial charge in [-0.2, -0.15) is 0 Å². The Kier molecular flexibility index (Phi) is 5.83. The van der Waals surface area contributed by atoms with E-state index in [9.17, 15) is 9.18 Å². The molecule has 0 bridgehead atoms. The molecule has 5 nitrogen and oxygen atoms in total.